The van der Waals surface area contributed by atoms with E-state index in [1.165, 1.54) is 71.5 Å². The summed E-state index contributed by atoms with van der Waals surface area (Å²) >= 11 is 12.1. The molecule has 0 heterocycles. The normalized spacial score (nSPS) is 10.6. The maximum Gasteiger partial charge on any atom is 0.325 e. The molecule has 0 aromatic heterocycles. The standard InChI is InChI=1S/2C23H25ClN6O10/c1-13(31)25-16-11-18(28(7-5-21(32)39-3)8-6-22(33)40-4)20(38-2)12-17(16)26-27-23-15(24)9-14(29(34)35)10-19(23)30(36)37;1-5-39-21(32)11-28(12-22(33)40-6-2)18-9-16(25-13(3)31)17(10-20(18)38-4)26-27-23-15(24)7-14(29(34)35)8-19(23)30(36)37/h9-12H,5-8H2,1-4H3,(H,25,31);7-10H,5-6,11-12H2,1-4H3,(H,25,31). The van der Waals surface area contributed by atoms with Crippen molar-refractivity contribution < 1.29 is 76.9 Å². The second-order valence-corrected chi connectivity index (χ2v) is 16.4. The molecule has 0 radical (unpaired) electrons. The second-order valence-electron chi connectivity index (χ2n) is 15.6. The molecular formula is C46H50Cl2N12O20. The van der Waals surface area contributed by atoms with Gasteiger partial charge in [-0.15, -0.1) is 20.5 Å². The zero-order valence-electron chi connectivity index (χ0n) is 43.7. The number of amides is 2. The maximum absolute atomic E-state index is 12.3. The molecule has 4 aromatic carbocycles. The van der Waals surface area contributed by atoms with Gasteiger partial charge in [-0.05, 0) is 26.0 Å². The predicted molar refractivity (Wildman–Crippen MR) is 283 cm³/mol. The number of carbonyl (C=O) groups is 6. The van der Waals surface area contributed by atoms with Crippen molar-refractivity contribution >= 4 is 127 Å². The zero-order chi connectivity index (χ0) is 60.0. The maximum atomic E-state index is 12.3. The average Bonchev–Trinajstić information content (AvgIpc) is 3.39. The lowest BCUT2D eigenvalue weighted by Gasteiger charge is -2.27. The molecule has 0 saturated carbocycles. The summed E-state index contributed by atoms with van der Waals surface area (Å²) in [5, 5.41) is 65.1. The lowest BCUT2D eigenvalue weighted by molar-refractivity contribution is -0.393. The van der Waals surface area contributed by atoms with Gasteiger partial charge in [0.1, 0.15) is 36.0 Å². The quantitative estimate of drug-likeness (QED) is 0.0195. The molecule has 0 aliphatic carbocycles. The molecule has 34 heteroatoms. The first-order valence-electron chi connectivity index (χ1n) is 22.8. The molecule has 0 atom stereocenters. The Bertz CT molecular complexity index is 3070. The monoisotopic (exact) mass is 1160 g/mol. The number of nitrogens with zero attached hydrogens (tertiary/aromatic N) is 10. The van der Waals surface area contributed by atoms with Crippen LogP contribution in [0.25, 0.3) is 0 Å². The highest BCUT2D eigenvalue weighted by Gasteiger charge is 2.28. The first-order valence-corrected chi connectivity index (χ1v) is 23.6. The van der Waals surface area contributed by atoms with Gasteiger partial charge in [-0.2, -0.15) is 0 Å². The Morgan fingerprint density at radius 3 is 1.19 bits per heavy atom. The number of nitrogens with one attached hydrogen (secondary N) is 2. The molecule has 428 valence electrons. The van der Waals surface area contributed by atoms with E-state index in [1.54, 1.807) is 18.7 Å². The third-order valence-corrected chi connectivity index (χ3v) is 10.7. The van der Waals surface area contributed by atoms with Crippen molar-refractivity contribution in [2.24, 2.45) is 20.5 Å². The number of esters is 4. The topological polar surface area (TPSA) is 410 Å². The van der Waals surface area contributed by atoms with E-state index in [9.17, 15) is 69.2 Å². The summed E-state index contributed by atoms with van der Waals surface area (Å²) in [6.07, 6.45) is -0.0832. The van der Waals surface area contributed by atoms with E-state index in [1.807, 2.05) is 0 Å². The van der Waals surface area contributed by atoms with Crippen LogP contribution in [0, 0.1) is 40.5 Å². The minimum absolute atomic E-state index is 0.0135. The van der Waals surface area contributed by atoms with E-state index in [4.69, 9.17) is 51.6 Å². The Labute approximate surface area is 462 Å². The fourth-order valence-electron chi connectivity index (χ4n) is 6.68. The number of ether oxygens (including phenoxy) is 6. The minimum Gasteiger partial charge on any atom is -0.494 e. The van der Waals surface area contributed by atoms with Gasteiger partial charge < -0.3 is 48.9 Å². The van der Waals surface area contributed by atoms with E-state index in [-0.39, 0.29) is 92.2 Å². The first-order chi connectivity index (χ1) is 37.8. The number of methoxy groups -OCH3 is 4. The Kier molecular flexibility index (Phi) is 24.9. The second kappa shape index (κ2) is 30.9. The Hall–Kier alpha value is -9.72. The fraction of sp³-hybridized carbons (Fsp3) is 0.348. The number of azo groups is 2. The van der Waals surface area contributed by atoms with Gasteiger partial charge in [0, 0.05) is 51.2 Å². The molecule has 0 fully saturated rings. The summed E-state index contributed by atoms with van der Waals surface area (Å²) in [4.78, 5) is 117. The van der Waals surface area contributed by atoms with E-state index in [2.05, 4.69) is 31.1 Å². The Balaban J connectivity index is 0.000000420. The molecule has 0 bridgehead atoms. The fourth-order valence-corrected chi connectivity index (χ4v) is 7.17. The number of nitro groups is 4. The van der Waals surface area contributed by atoms with Crippen LogP contribution in [0.5, 0.6) is 11.5 Å². The summed E-state index contributed by atoms with van der Waals surface area (Å²) in [6.45, 7) is 5.30. The van der Waals surface area contributed by atoms with E-state index < -0.39 is 99.6 Å². The SMILES string of the molecule is CCOC(=O)CN(CC(=O)OCC)c1cc(NC(C)=O)c(N=Nc2c(Cl)cc([N+](=O)[O-])cc2[N+](=O)[O-])cc1OC.COC(=O)CCN(CCC(=O)OC)c1cc(NC(C)=O)c(N=Nc2c(Cl)cc([N+](=O)[O-])cc2[N+](=O)[O-])cc1OC. The molecule has 4 aromatic rings. The van der Waals surface area contributed by atoms with E-state index >= 15 is 0 Å². The van der Waals surface area contributed by atoms with Crippen LogP contribution in [0.15, 0.2) is 69.0 Å². The summed E-state index contributed by atoms with van der Waals surface area (Å²) < 4.78 is 30.3. The molecule has 80 heavy (non-hydrogen) atoms. The number of rotatable bonds is 26. The molecule has 0 spiro atoms. The van der Waals surface area contributed by atoms with Crippen molar-refractivity contribution in [2.75, 3.05) is 88.3 Å². The van der Waals surface area contributed by atoms with Crippen LogP contribution in [0.3, 0.4) is 0 Å². The number of hydrogen-bond donors (Lipinski definition) is 2. The third-order valence-electron chi connectivity index (χ3n) is 10.2. The predicted octanol–water partition coefficient (Wildman–Crippen LogP) is 8.94. The van der Waals surface area contributed by atoms with Crippen molar-refractivity contribution in [2.45, 2.75) is 40.5 Å². The first kappa shape index (κ1) is 64.6. The largest absolute Gasteiger partial charge is 0.494 e. The number of nitro benzene ring substituents is 4. The highest BCUT2D eigenvalue weighted by molar-refractivity contribution is 6.34. The average molecular weight is 1160 g/mol. The van der Waals surface area contributed by atoms with Gasteiger partial charge >= 0.3 is 35.3 Å². The Morgan fingerprint density at radius 1 is 0.525 bits per heavy atom. The van der Waals surface area contributed by atoms with E-state index in [0.717, 1.165) is 12.1 Å². The summed E-state index contributed by atoms with van der Waals surface area (Å²) in [5.41, 5.74) is -3.13. The van der Waals surface area contributed by atoms with Gasteiger partial charge in [0.05, 0.1) is 119 Å². The molecule has 0 unspecified atom stereocenters. The number of carbonyl (C=O) groups excluding carboxylic acids is 6. The van der Waals surface area contributed by atoms with Crippen molar-refractivity contribution in [3.8, 4) is 11.5 Å². The highest BCUT2D eigenvalue weighted by Crippen LogP contribution is 2.45. The smallest absolute Gasteiger partial charge is 0.325 e. The molecule has 4 rings (SSSR count). The number of anilines is 4. The minimum atomic E-state index is -0.908. The molecule has 2 amide bonds. The number of hydrogen-bond acceptors (Lipinski definition) is 26. The van der Waals surface area contributed by atoms with Crippen molar-refractivity contribution in [1.29, 1.82) is 0 Å². The van der Waals surface area contributed by atoms with Crippen LogP contribution in [0.4, 0.5) is 68.2 Å². The van der Waals surface area contributed by atoms with Crippen molar-refractivity contribution in [3.63, 3.8) is 0 Å². The van der Waals surface area contributed by atoms with Gasteiger partial charge in [-0.1, -0.05) is 23.2 Å². The molecule has 0 aliphatic heterocycles. The molecule has 0 aliphatic rings. The van der Waals surface area contributed by atoms with Crippen LogP contribution in [-0.4, -0.2) is 123 Å². The van der Waals surface area contributed by atoms with E-state index in [0.29, 0.717) is 17.8 Å². The molecule has 0 saturated heterocycles. The molecular weight excluding hydrogens is 1110 g/mol. The summed E-state index contributed by atoms with van der Waals surface area (Å²) in [5.74, 6) is -3.09. The van der Waals surface area contributed by atoms with Gasteiger partial charge in [0.25, 0.3) is 11.4 Å². The van der Waals surface area contributed by atoms with Crippen LogP contribution < -0.4 is 29.9 Å². The van der Waals surface area contributed by atoms with Gasteiger partial charge in [-0.25, -0.2) is 0 Å². The molecule has 32 nitrogen and oxygen atoms in total. The molecule has 2 N–H and O–H groups in total. The van der Waals surface area contributed by atoms with Gasteiger partial charge in [-0.3, -0.25) is 69.2 Å². The van der Waals surface area contributed by atoms with Gasteiger partial charge in [0.15, 0.2) is 11.4 Å². The van der Waals surface area contributed by atoms with Crippen LogP contribution in [0.2, 0.25) is 10.0 Å². The zero-order valence-corrected chi connectivity index (χ0v) is 45.2. The van der Waals surface area contributed by atoms with Crippen LogP contribution in [-0.2, 0) is 47.7 Å². The van der Waals surface area contributed by atoms with Crippen LogP contribution >= 0.6 is 23.2 Å². The third kappa shape index (κ3) is 18.8. The lowest BCUT2D eigenvalue weighted by atomic mass is 10.1. The summed E-state index contributed by atoms with van der Waals surface area (Å²) in [6, 6.07) is 8.59. The number of non-ortho nitro benzene ring substituents is 2. The summed E-state index contributed by atoms with van der Waals surface area (Å²) in [7, 11) is 5.10. The van der Waals surface area contributed by atoms with Crippen molar-refractivity contribution in [1.82, 2.24) is 0 Å². The van der Waals surface area contributed by atoms with Crippen molar-refractivity contribution in [3.05, 3.63) is 99.0 Å². The number of halogens is 2. The lowest BCUT2D eigenvalue weighted by Crippen LogP contribution is -2.36. The van der Waals surface area contributed by atoms with Crippen LogP contribution in [0.1, 0.15) is 40.5 Å². The Morgan fingerprint density at radius 2 is 0.887 bits per heavy atom. The number of benzene rings is 4. The highest BCUT2D eigenvalue weighted by atomic mass is 35.5. The van der Waals surface area contributed by atoms with Gasteiger partial charge in [0.2, 0.25) is 11.8 Å².